The predicted octanol–water partition coefficient (Wildman–Crippen LogP) is 1.59. The molecular formula is C18H25N5O2. The number of carbonyl (C=O) groups excluding carboxylic acids is 1. The van der Waals surface area contributed by atoms with Gasteiger partial charge in [-0.3, -0.25) is 4.79 Å². The van der Waals surface area contributed by atoms with Gasteiger partial charge in [0.1, 0.15) is 5.82 Å². The lowest BCUT2D eigenvalue weighted by Crippen LogP contribution is -2.42. The zero-order chi connectivity index (χ0) is 17.8. The molecule has 1 aromatic carbocycles. The summed E-state index contributed by atoms with van der Waals surface area (Å²) in [6.45, 7) is 3.63. The fraction of sp³-hybridized carbons (Fsp3) is 0.500. The molecule has 0 spiro atoms. The number of likely N-dealkylation sites (tertiary alicyclic amines) is 1. The molecule has 1 unspecified atom stereocenters. The number of hydrogen-bond donors (Lipinski definition) is 2. The lowest BCUT2D eigenvalue weighted by atomic mass is 10.1. The summed E-state index contributed by atoms with van der Waals surface area (Å²) in [5.41, 5.74) is 1.39. The quantitative estimate of drug-likeness (QED) is 0.861. The van der Waals surface area contributed by atoms with Gasteiger partial charge in [-0.05, 0) is 25.0 Å². The summed E-state index contributed by atoms with van der Waals surface area (Å²) < 4.78 is 1.97. The second kappa shape index (κ2) is 7.65. The van der Waals surface area contributed by atoms with Crippen molar-refractivity contribution in [2.45, 2.75) is 38.8 Å². The minimum atomic E-state index is -0.427. The molecule has 1 atom stereocenters. The van der Waals surface area contributed by atoms with Crippen LogP contribution in [0.4, 0.5) is 5.69 Å². The van der Waals surface area contributed by atoms with Crippen molar-refractivity contribution < 1.29 is 9.90 Å². The number of piperidine rings is 1. The van der Waals surface area contributed by atoms with Crippen molar-refractivity contribution in [1.29, 1.82) is 0 Å². The van der Waals surface area contributed by atoms with Crippen LogP contribution in [0, 0.1) is 0 Å². The Kier molecular flexibility index (Phi) is 5.33. The molecule has 2 heterocycles. The van der Waals surface area contributed by atoms with E-state index in [1.165, 1.54) is 0 Å². The third-order valence-corrected chi connectivity index (χ3v) is 4.65. The first-order valence-corrected chi connectivity index (χ1v) is 8.77. The number of aliphatic hydroxyl groups is 1. The Morgan fingerprint density at radius 3 is 2.80 bits per heavy atom. The number of nitrogens with one attached hydrogen (secondary N) is 1. The van der Waals surface area contributed by atoms with Gasteiger partial charge in [-0.2, -0.15) is 0 Å². The van der Waals surface area contributed by atoms with E-state index in [4.69, 9.17) is 0 Å². The smallest absolute Gasteiger partial charge is 0.256 e. The number of hydrogen-bond acceptors (Lipinski definition) is 5. The maximum absolute atomic E-state index is 12.8. The molecule has 1 aromatic heterocycles. The first kappa shape index (κ1) is 17.4. The fourth-order valence-electron chi connectivity index (χ4n) is 3.17. The van der Waals surface area contributed by atoms with Gasteiger partial charge >= 0.3 is 0 Å². The summed E-state index contributed by atoms with van der Waals surface area (Å²) in [6, 6.07) is 7.47. The molecule has 3 rings (SSSR count). The number of aliphatic hydroxyl groups excluding tert-OH is 1. The average Bonchev–Trinajstić information content (AvgIpc) is 2.99. The number of amides is 1. The van der Waals surface area contributed by atoms with Crippen LogP contribution in [-0.2, 0) is 20.0 Å². The molecule has 0 aliphatic carbocycles. The van der Waals surface area contributed by atoms with E-state index in [-0.39, 0.29) is 5.91 Å². The third kappa shape index (κ3) is 3.82. The molecule has 7 heteroatoms. The lowest BCUT2D eigenvalue weighted by molar-refractivity contribution is 0.0474. The summed E-state index contributed by atoms with van der Waals surface area (Å²) in [6.07, 6.45) is 2.00. The van der Waals surface area contributed by atoms with Crippen LogP contribution in [-0.4, -0.2) is 49.9 Å². The highest BCUT2D eigenvalue weighted by molar-refractivity contribution is 5.99. The van der Waals surface area contributed by atoms with Crippen molar-refractivity contribution in [3.8, 4) is 0 Å². The Morgan fingerprint density at radius 1 is 1.32 bits per heavy atom. The van der Waals surface area contributed by atoms with Gasteiger partial charge in [0.05, 0.1) is 18.2 Å². The van der Waals surface area contributed by atoms with Crippen molar-refractivity contribution in [2.24, 2.45) is 7.05 Å². The van der Waals surface area contributed by atoms with Gasteiger partial charge in [0, 0.05) is 32.2 Å². The van der Waals surface area contributed by atoms with Crippen LogP contribution in [0.15, 0.2) is 24.3 Å². The van der Waals surface area contributed by atoms with Crippen molar-refractivity contribution in [2.75, 3.05) is 18.4 Å². The predicted molar refractivity (Wildman–Crippen MR) is 95.3 cm³/mol. The molecule has 7 nitrogen and oxygen atoms in total. The number of β-amino-alcohol motifs (C(OH)–C–C–N with tert-alkyl or cyclic N) is 1. The van der Waals surface area contributed by atoms with Crippen molar-refractivity contribution in [3.63, 3.8) is 0 Å². The summed E-state index contributed by atoms with van der Waals surface area (Å²) in [5.74, 6) is 1.71. The molecule has 2 N–H and O–H groups in total. The Hall–Kier alpha value is -2.41. The van der Waals surface area contributed by atoms with Gasteiger partial charge in [0.15, 0.2) is 5.82 Å². The highest BCUT2D eigenvalue weighted by Gasteiger charge is 2.24. The second-order valence-electron chi connectivity index (χ2n) is 6.39. The van der Waals surface area contributed by atoms with Crippen molar-refractivity contribution in [3.05, 3.63) is 41.5 Å². The molecule has 1 fully saturated rings. The molecule has 134 valence electrons. The normalized spacial score (nSPS) is 17.6. The van der Waals surface area contributed by atoms with Crippen molar-refractivity contribution >= 4 is 11.6 Å². The first-order valence-electron chi connectivity index (χ1n) is 8.77. The van der Waals surface area contributed by atoms with Crippen LogP contribution in [0.3, 0.4) is 0 Å². The highest BCUT2D eigenvalue weighted by atomic mass is 16.3. The first-order chi connectivity index (χ1) is 12.1. The Bertz CT molecular complexity index is 743. The molecule has 1 aliphatic rings. The Labute approximate surface area is 147 Å². The molecule has 25 heavy (non-hydrogen) atoms. The molecule has 1 aliphatic heterocycles. The number of anilines is 1. The minimum absolute atomic E-state index is 0.0472. The van der Waals surface area contributed by atoms with Crippen LogP contribution in [0.25, 0.3) is 0 Å². The van der Waals surface area contributed by atoms with Crippen LogP contribution in [0.1, 0.15) is 41.8 Å². The monoisotopic (exact) mass is 343 g/mol. The van der Waals surface area contributed by atoms with Gasteiger partial charge in [0.25, 0.3) is 5.91 Å². The van der Waals surface area contributed by atoms with E-state index >= 15 is 0 Å². The standard InChI is InChI=1S/C18H25N5O2/c1-3-16-20-21-17(22(16)2)11-19-15-9-5-4-8-14(15)18(25)23-10-6-7-13(24)12-23/h4-5,8-9,13,19,24H,3,6-7,10-12H2,1-2H3. The van der Waals surface area contributed by atoms with E-state index in [0.717, 1.165) is 36.6 Å². The lowest BCUT2D eigenvalue weighted by Gasteiger charge is -2.30. The molecule has 0 radical (unpaired) electrons. The maximum atomic E-state index is 12.8. The molecule has 1 saturated heterocycles. The zero-order valence-electron chi connectivity index (χ0n) is 14.8. The van der Waals surface area contributed by atoms with E-state index in [0.29, 0.717) is 25.2 Å². The number of aromatic nitrogens is 3. The summed E-state index contributed by atoms with van der Waals surface area (Å²) in [7, 11) is 1.95. The van der Waals surface area contributed by atoms with Gasteiger partial charge in [-0.25, -0.2) is 0 Å². The highest BCUT2D eigenvalue weighted by Crippen LogP contribution is 2.20. The van der Waals surface area contributed by atoms with E-state index in [1.54, 1.807) is 4.90 Å². The number of aryl methyl sites for hydroxylation is 1. The third-order valence-electron chi connectivity index (χ3n) is 4.65. The molecular weight excluding hydrogens is 318 g/mol. The molecule has 0 bridgehead atoms. The van der Waals surface area contributed by atoms with E-state index in [9.17, 15) is 9.90 Å². The SMILES string of the molecule is CCc1nnc(CNc2ccccc2C(=O)N2CCCC(O)C2)n1C. The van der Waals surface area contributed by atoms with Gasteiger partial charge in [-0.1, -0.05) is 19.1 Å². The Morgan fingerprint density at radius 2 is 2.08 bits per heavy atom. The average molecular weight is 343 g/mol. The molecule has 1 amide bonds. The van der Waals surface area contributed by atoms with Gasteiger partial charge < -0.3 is 19.9 Å². The second-order valence-corrected chi connectivity index (χ2v) is 6.39. The topological polar surface area (TPSA) is 83.3 Å². The van der Waals surface area contributed by atoms with E-state index in [2.05, 4.69) is 15.5 Å². The number of rotatable bonds is 5. The zero-order valence-corrected chi connectivity index (χ0v) is 14.8. The summed E-state index contributed by atoms with van der Waals surface area (Å²) >= 11 is 0. The minimum Gasteiger partial charge on any atom is -0.391 e. The number of para-hydroxylation sites is 1. The summed E-state index contributed by atoms with van der Waals surface area (Å²) in [4.78, 5) is 14.6. The van der Waals surface area contributed by atoms with E-state index < -0.39 is 6.10 Å². The summed E-state index contributed by atoms with van der Waals surface area (Å²) in [5, 5.41) is 21.5. The Balaban J connectivity index is 1.74. The molecule has 0 saturated carbocycles. The van der Waals surface area contributed by atoms with Crippen LogP contribution in [0.5, 0.6) is 0 Å². The molecule has 2 aromatic rings. The van der Waals surface area contributed by atoms with Crippen molar-refractivity contribution in [1.82, 2.24) is 19.7 Å². The van der Waals surface area contributed by atoms with Gasteiger partial charge in [0.2, 0.25) is 0 Å². The number of benzene rings is 1. The number of nitrogens with zero attached hydrogens (tertiary/aromatic N) is 4. The maximum Gasteiger partial charge on any atom is 0.256 e. The van der Waals surface area contributed by atoms with Gasteiger partial charge in [-0.15, -0.1) is 10.2 Å². The van der Waals surface area contributed by atoms with Crippen LogP contribution < -0.4 is 5.32 Å². The number of carbonyl (C=O) groups is 1. The van der Waals surface area contributed by atoms with Crippen LogP contribution >= 0.6 is 0 Å². The van der Waals surface area contributed by atoms with E-state index in [1.807, 2.05) is 42.8 Å². The largest absolute Gasteiger partial charge is 0.391 e. The fourth-order valence-corrected chi connectivity index (χ4v) is 3.17. The van der Waals surface area contributed by atoms with Crippen LogP contribution in [0.2, 0.25) is 0 Å².